The van der Waals surface area contributed by atoms with Gasteiger partial charge in [0.1, 0.15) is 5.75 Å². The molecule has 3 aromatic carbocycles. The van der Waals surface area contributed by atoms with E-state index >= 15 is 0 Å². The quantitative estimate of drug-likeness (QED) is 0.509. The fraction of sp³-hybridized carbons (Fsp3) is 0.0833. The normalized spacial score (nSPS) is 16.6. The maximum absolute atomic E-state index is 13.2. The number of phenols is 1. The zero-order chi connectivity index (χ0) is 20.9. The molecule has 0 saturated carbocycles. The topological polar surface area (TPSA) is 52.9 Å². The standard InChI is InChI=1S/C24H19ClN2O2S/c25-19-11-12-21(28)18(15-19)16-22-23(29)27(14-13-17-7-3-1-4-8-17)24(30-22)26-20-9-5-2-6-10-20/h1-12,15-16,28H,13-14H2/b22-16+,26-24?. The molecule has 0 aliphatic carbocycles. The van der Waals surface area contributed by atoms with Gasteiger partial charge in [-0.25, -0.2) is 4.99 Å². The van der Waals surface area contributed by atoms with Crippen molar-refractivity contribution in [3.8, 4) is 5.75 Å². The third-order valence-electron chi connectivity index (χ3n) is 4.61. The minimum absolute atomic E-state index is 0.0737. The lowest BCUT2D eigenvalue weighted by Gasteiger charge is -2.15. The second-order valence-electron chi connectivity index (χ2n) is 6.74. The lowest BCUT2D eigenvalue weighted by atomic mass is 10.1. The Labute approximate surface area is 184 Å². The number of aliphatic imine (C=N–C) groups is 1. The summed E-state index contributed by atoms with van der Waals surface area (Å²) in [7, 11) is 0. The van der Waals surface area contributed by atoms with E-state index in [4.69, 9.17) is 11.6 Å². The average Bonchev–Trinajstić information content (AvgIpc) is 3.05. The summed E-state index contributed by atoms with van der Waals surface area (Å²) in [6.45, 7) is 0.514. The molecule has 1 aliphatic heterocycles. The molecule has 1 heterocycles. The van der Waals surface area contributed by atoms with Crippen LogP contribution in [0.2, 0.25) is 5.02 Å². The smallest absolute Gasteiger partial charge is 0.266 e. The Morgan fingerprint density at radius 2 is 1.70 bits per heavy atom. The molecule has 0 atom stereocenters. The number of para-hydroxylation sites is 1. The lowest BCUT2D eigenvalue weighted by Crippen LogP contribution is -2.31. The van der Waals surface area contributed by atoms with Gasteiger partial charge in [0.25, 0.3) is 5.91 Å². The summed E-state index contributed by atoms with van der Waals surface area (Å²) in [4.78, 5) is 20.0. The van der Waals surface area contributed by atoms with Crippen LogP contribution >= 0.6 is 23.4 Å². The molecule has 30 heavy (non-hydrogen) atoms. The number of carbonyl (C=O) groups is 1. The fourth-order valence-electron chi connectivity index (χ4n) is 3.07. The van der Waals surface area contributed by atoms with Crippen LogP contribution in [-0.2, 0) is 11.2 Å². The van der Waals surface area contributed by atoms with E-state index in [0.717, 1.165) is 17.7 Å². The van der Waals surface area contributed by atoms with Crippen molar-refractivity contribution in [2.24, 2.45) is 4.99 Å². The molecule has 0 spiro atoms. The number of halogens is 1. The van der Waals surface area contributed by atoms with E-state index in [-0.39, 0.29) is 11.7 Å². The number of thioether (sulfide) groups is 1. The van der Waals surface area contributed by atoms with E-state index in [1.807, 2.05) is 60.7 Å². The van der Waals surface area contributed by atoms with Crippen molar-refractivity contribution in [2.75, 3.05) is 6.54 Å². The van der Waals surface area contributed by atoms with Gasteiger partial charge in [0, 0.05) is 17.1 Å². The molecule has 1 N–H and O–H groups in total. The van der Waals surface area contributed by atoms with Gasteiger partial charge in [-0.1, -0.05) is 60.1 Å². The third-order valence-corrected chi connectivity index (χ3v) is 5.85. The van der Waals surface area contributed by atoms with Gasteiger partial charge in [-0.15, -0.1) is 0 Å². The maximum Gasteiger partial charge on any atom is 0.266 e. The summed E-state index contributed by atoms with van der Waals surface area (Å²) in [6, 6.07) is 24.4. The minimum atomic E-state index is -0.134. The first kappa shape index (κ1) is 20.3. The maximum atomic E-state index is 13.2. The Morgan fingerprint density at radius 3 is 2.43 bits per heavy atom. The summed E-state index contributed by atoms with van der Waals surface area (Å²) in [6.07, 6.45) is 2.38. The Morgan fingerprint density at radius 1 is 1.00 bits per heavy atom. The number of hydrogen-bond acceptors (Lipinski definition) is 4. The van der Waals surface area contributed by atoms with E-state index in [1.54, 1.807) is 23.1 Å². The Bertz CT molecular complexity index is 1110. The summed E-state index contributed by atoms with van der Waals surface area (Å²) in [5.41, 5.74) is 2.44. The number of aromatic hydroxyl groups is 1. The summed E-state index contributed by atoms with van der Waals surface area (Å²) in [5.74, 6) is -0.0606. The Balaban J connectivity index is 1.66. The molecule has 3 aromatic rings. The van der Waals surface area contributed by atoms with Gasteiger partial charge in [-0.2, -0.15) is 0 Å². The van der Waals surface area contributed by atoms with Crippen LogP contribution in [-0.4, -0.2) is 27.6 Å². The van der Waals surface area contributed by atoms with E-state index in [0.29, 0.717) is 27.2 Å². The Hall–Kier alpha value is -3.02. The van der Waals surface area contributed by atoms with Crippen LogP contribution in [0.1, 0.15) is 11.1 Å². The number of benzene rings is 3. The van der Waals surface area contributed by atoms with Gasteiger partial charge < -0.3 is 5.11 Å². The highest BCUT2D eigenvalue weighted by Crippen LogP contribution is 2.36. The highest BCUT2D eigenvalue weighted by molar-refractivity contribution is 8.18. The number of carbonyl (C=O) groups excluding carboxylic acids is 1. The van der Waals surface area contributed by atoms with Crippen LogP contribution in [0.4, 0.5) is 5.69 Å². The molecule has 150 valence electrons. The molecular formula is C24H19ClN2O2S. The zero-order valence-electron chi connectivity index (χ0n) is 16.0. The predicted molar refractivity (Wildman–Crippen MR) is 124 cm³/mol. The SMILES string of the molecule is O=C1/C(=C\c2cc(Cl)ccc2O)SC(=Nc2ccccc2)N1CCc1ccccc1. The number of phenolic OH excluding ortho intramolecular Hbond substituents is 1. The molecule has 6 heteroatoms. The van der Waals surface area contributed by atoms with Crippen LogP contribution in [0.15, 0.2) is 88.8 Å². The second kappa shape index (κ2) is 9.20. The summed E-state index contributed by atoms with van der Waals surface area (Å²) >= 11 is 7.35. The van der Waals surface area contributed by atoms with Crippen LogP contribution in [0, 0.1) is 0 Å². The predicted octanol–water partition coefficient (Wildman–Crippen LogP) is 5.89. The molecule has 1 saturated heterocycles. The highest BCUT2D eigenvalue weighted by atomic mass is 35.5. The summed E-state index contributed by atoms with van der Waals surface area (Å²) < 4.78 is 0. The number of rotatable bonds is 5. The monoisotopic (exact) mass is 434 g/mol. The zero-order valence-corrected chi connectivity index (χ0v) is 17.6. The van der Waals surface area contributed by atoms with Gasteiger partial charge in [0.15, 0.2) is 5.17 Å². The van der Waals surface area contributed by atoms with Crippen molar-refractivity contribution in [3.63, 3.8) is 0 Å². The molecule has 1 amide bonds. The van der Waals surface area contributed by atoms with E-state index in [1.165, 1.54) is 17.8 Å². The Kier molecular flexibility index (Phi) is 6.21. The van der Waals surface area contributed by atoms with Crippen molar-refractivity contribution in [3.05, 3.63) is 99.9 Å². The van der Waals surface area contributed by atoms with Crippen molar-refractivity contribution < 1.29 is 9.90 Å². The largest absolute Gasteiger partial charge is 0.507 e. The number of amides is 1. The molecule has 0 radical (unpaired) electrons. The van der Waals surface area contributed by atoms with E-state index in [2.05, 4.69) is 4.99 Å². The molecule has 0 unspecified atom stereocenters. The molecule has 4 rings (SSSR count). The van der Waals surface area contributed by atoms with Crippen LogP contribution < -0.4 is 0 Å². The molecular weight excluding hydrogens is 416 g/mol. The first-order valence-electron chi connectivity index (χ1n) is 9.48. The molecule has 0 aromatic heterocycles. The van der Waals surface area contributed by atoms with Crippen molar-refractivity contribution in [1.29, 1.82) is 0 Å². The van der Waals surface area contributed by atoms with Gasteiger partial charge in [-0.05, 0) is 60.2 Å². The van der Waals surface area contributed by atoms with Crippen molar-refractivity contribution in [1.82, 2.24) is 4.90 Å². The first-order chi connectivity index (χ1) is 14.6. The minimum Gasteiger partial charge on any atom is -0.507 e. The van der Waals surface area contributed by atoms with Crippen LogP contribution in [0.25, 0.3) is 6.08 Å². The van der Waals surface area contributed by atoms with Gasteiger partial charge in [0.2, 0.25) is 0 Å². The second-order valence-corrected chi connectivity index (χ2v) is 8.18. The third kappa shape index (κ3) is 4.75. The number of nitrogens with zero attached hydrogens (tertiary/aromatic N) is 2. The molecule has 1 aliphatic rings. The fourth-order valence-corrected chi connectivity index (χ4v) is 4.27. The first-order valence-corrected chi connectivity index (χ1v) is 10.7. The highest BCUT2D eigenvalue weighted by Gasteiger charge is 2.33. The number of amidine groups is 1. The molecule has 1 fully saturated rings. The van der Waals surface area contributed by atoms with E-state index in [9.17, 15) is 9.90 Å². The van der Waals surface area contributed by atoms with Crippen LogP contribution in [0.3, 0.4) is 0 Å². The van der Waals surface area contributed by atoms with Gasteiger partial charge in [-0.3, -0.25) is 9.69 Å². The summed E-state index contributed by atoms with van der Waals surface area (Å²) in [5, 5.41) is 11.2. The lowest BCUT2D eigenvalue weighted by molar-refractivity contribution is -0.122. The van der Waals surface area contributed by atoms with Gasteiger partial charge in [0.05, 0.1) is 10.6 Å². The average molecular weight is 435 g/mol. The van der Waals surface area contributed by atoms with Gasteiger partial charge >= 0.3 is 0 Å². The van der Waals surface area contributed by atoms with E-state index < -0.39 is 0 Å². The number of hydrogen-bond donors (Lipinski definition) is 1. The van der Waals surface area contributed by atoms with Crippen LogP contribution in [0.5, 0.6) is 5.75 Å². The van der Waals surface area contributed by atoms with Crippen molar-refractivity contribution >= 4 is 46.2 Å². The molecule has 4 nitrogen and oxygen atoms in total. The van der Waals surface area contributed by atoms with Crippen molar-refractivity contribution in [2.45, 2.75) is 6.42 Å². The molecule has 0 bridgehead atoms.